The number of aromatic nitrogens is 4. The van der Waals surface area contributed by atoms with Crippen LogP contribution in [0.5, 0.6) is 0 Å². The fraction of sp³-hybridized carbons (Fsp3) is 0.741. The van der Waals surface area contributed by atoms with Crippen LogP contribution in [0.15, 0.2) is 42.0 Å². The minimum Gasteiger partial charge on any atom is -0.173 e. The maximum absolute atomic E-state index is 5.70. The first kappa shape index (κ1) is 94.7. The Morgan fingerprint density at radius 1 is 0.250 bits per heavy atom. The van der Waals surface area contributed by atoms with Crippen molar-refractivity contribution in [3.05, 3.63) is 85.8 Å². The van der Waals surface area contributed by atoms with Gasteiger partial charge in [-0.15, -0.1) is 22.7 Å². The SMILES string of the molecule is CCCCCCCCCCCCCCCCC1(CCCCCCCCCCCCCCCC)c2cc3c(cc2-c2c1cc(C)c1nsnc21)C(CCCCCCCCCCCCCCCC)(CCCCCCCCCCCCCCCC)c1cc(-c2cc4c(s2)-c2sc(C)cc2C4=C(CCCCCC)CCCCCC)c2nsnc2c1-3. The van der Waals surface area contributed by atoms with Crippen LogP contribution in [0, 0.1) is 13.8 Å². The standard InChI is InChI=1S/C108H170N4S4/c1-9-15-21-27-31-35-39-43-47-51-55-59-63-69-75-107(76-70-64-60-56-52-48-44-40-36-32-28-22-16-10-2)93-82-89-94(81-88(93)99-95(107)79-85(7)101-103(99)111-115-109-101)108(77-71-65-61-57-53-49-45-41-37-33-29-23-17-11-3,78-72-66-62-58-54-50-46-42-38-34-30-24-18-12-4)96-83-90(102-104(100(89)96)112-116-110-102)97-84-92-98(91-80-86(8)113-105(91)106(92)114-97)87(73-67-25-19-13-5)74-68-26-20-14-6/h79-84H,9-78H2,1-8H3. The van der Waals surface area contributed by atoms with Gasteiger partial charge in [-0.05, 0) is 140 Å². The Bertz CT molecular complexity index is 3800. The zero-order chi connectivity index (χ0) is 81.1. The van der Waals surface area contributed by atoms with Crippen molar-refractivity contribution < 1.29 is 0 Å². The highest BCUT2D eigenvalue weighted by atomic mass is 32.1. The summed E-state index contributed by atoms with van der Waals surface area (Å²) < 4.78 is 21.9. The van der Waals surface area contributed by atoms with Gasteiger partial charge >= 0.3 is 0 Å². The van der Waals surface area contributed by atoms with Crippen molar-refractivity contribution in [2.75, 3.05) is 0 Å². The molecule has 0 saturated heterocycles. The molecule has 116 heavy (non-hydrogen) atoms. The number of thiophene rings is 2. The number of allylic oxidation sites excluding steroid dienone is 1. The number of hydrogen-bond donors (Lipinski definition) is 0. The van der Waals surface area contributed by atoms with Crippen molar-refractivity contribution in [2.45, 2.75) is 516 Å². The number of rotatable bonds is 71. The molecule has 4 nitrogen and oxygen atoms in total. The summed E-state index contributed by atoms with van der Waals surface area (Å²) in [5, 5.41) is 0. The first-order chi connectivity index (χ1) is 57.3. The Morgan fingerprint density at radius 3 is 0.862 bits per heavy atom. The van der Waals surface area contributed by atoms with Gasteiger partial charge in [-0.1, -0.05) is 451 Å². The molecule has 0 N–H and O–H groups in total. The predicted molar refractivity (Wildman–Crippen MR) is 520 cm³/mol. The van der Waals surface area contributed by atoms with Gasteiger partial charge in [0, 0.05) is 48.4 Å². The largest absolute Gasteiger partial charge is 0.173 e. The second-order valence-corrected chi connectivity index (χ2v) is 41.3. The van der Waals surface area contributed by atoms with Crippen molar-refractivity contribution in [1.29, 1.82) is 0 Å². The van der Waals surface area contributed by atoms with Crippen molar-refractivity contribution in [3.8, 4) is 42.4 Å². The molecule has 0 atom stereocenters. The molecule has 7 aromatic rings. The number of fused-ring (bicyclic) bond motifs is 13. The summed E-state index contributed by atoms with van der Waals surface area (Å²) >= 11 is 7.10. The third-order valence-corrected chi connectivity index (χ3v) is 31.9. The minimum absolute atomic E-state index is 0.100. The first-order valence-corrected chi connectivity index (χ1v) is 54.1. The molecular formula is C108H170N4S4. The molecule has 0 unspecified atom stereocenters. The van der Waals surface area contributed by atoms with Gasteiger partial charge in [-0.25, -0.2) is 0 Å². The van der Waals surface area contributed by atoms with E-state index < -0.39 is 0 Å². The lowest BCUT2D eigenvalue weighted by Crippen LogP contribution is -2.27. The Kier molecular flexibility index (Phi) is 44.2. The molecule has 4 heterocycles. The minimum atomic E-state index is -0.160. The lowest BCUT2D eigenvalue weighted by Gasteiger charge is -2.35. The molecule has 646 valence electrons. The van der Waals surface area contributed by atoms with Crippen LogP contribution in [0.3, 0.4) is 0 Å². The number of aryl methyl sites for hydroxylation is 2. The molecule has 0 radical (unpaired) electrons. The normalized spacial score (nSPS) is 13.6. The van der Waals surface area contributed by atoms with Gasteiger partial charge in [0.1, 0.15) is 22.1 Å². The average Bonchev–Trinajstić information content (AvgIpc) is 1.51. The van der Waals surface area contributed by atoms with E-state index in [1.165, 1.54) is 548 Å². The summed E-state index contributed by atoms with van der Waals surface area (Å²) in [6, 6.07) is 16.6. The highest BCUT2D eigenvalue weighted by Crippen LogP contribution is 2.65. The van der Waals surface area contributed by atoms with E-state index >= 15 is 0 Å². The van der Waals surface area contributed by atoms with Crippen LogP contribution >= 0.6 is 46.1 Å². The molecule has 0 spiro atoms. The molecule has 0 saturated carbocycles. The molecular weight excluding hydrogens is 1480 g/mol. The van der Waals surface area contributed by atoms with Gasteiger partial charge in [0.05, 0.1) is 33.2 Å². The van der Waals surface area contributed by atoms with E-state index in [1.54, 1.807) is 33.4 Å². The Hall–Kier alpha value is -3.56. The fourth-order valence-corrected chi connectivity index (χ4v) is 25.1. The smallest absolute Gasteiger partial charge is 0.114 e. The molecule has 0 aliphatic heterocycles. The molecule has 3 aliphatic rings. The van der Waals surface area contributed by atoms with E-state index in [2.05, 4.69) is 114 Å². The van der Waals surface area contributed by atoms with Crippen LogP contribution < -0.4 is 0 Å². The van der Waals surface area contributed by atoms with Crippen LogP contribution in [0.25, 0.3) is 70.1 Å². The summed E-state index contributed by atoms with van der Waals surface area (Å²) in [5.41, 5.74) is 25.7. The van der Waals surface area contributed by atoms with Crippen LogP contribution in [-0.4, -0.2) is 17.5 Å². The van der Waals surface area contributed by atoms with Crippen LogP contribution in [0.2, 0.25) is 0 Å². The quantitative estimate of drug-likeness (QED) is 0.0357. The number of nitrogens with zero attached hydrogens (tertiary/aromatic N) is 4. The molecule has 0 fully saturated rings. The van der Waals surface area contributed by atoms with Crippen molar-refractivity contribution in [1.82, 2.24) is 17.5 Å². The van der Waals surface area contributed by atoms with Crippen LogP contribution in [0.1, 0.15) is 535 Å². The number of hydrogen-bond acceptors (Lipinski definition) is 8. The summed E-state index contributed by atoms with van der Waals surface area (Å²) in [7, 11) is 0. The van der Waals surface area contributed by atoms with Crippen molar-refractivity contribution in [3.63, 3.8) is 0 Å². The zero-order valence-corrected chi connectivity index (χ0v) is 79.6. The van der Waals surface area contributed by atoms with Crippen molar-refractivity contribution in [2.24, 2.45) is 0 Å². The molecule has 0 bridgehead atoms. The first-order valence-electron chi connectivity index (χ1n) is 51.0. The van der Waals surface area contributed by atoms with Crippen molar-refractivity contribution >= 4 is 73.8 Å². The van der Waals surface area contributed by atoms with Gasteiger partial charge in [0.2, 0.25) is 0 Å². The van der Waals surface area contributed by atoms with Gasteiger partial charge in [-0.2, -0.15) is 17.5 Å². The summed E-state index contributed by atoms with van der Waals surface area (Å²) in [5.74, 6) is 0. The van der Waals surface area contributed by atoms with E-state index in [0.717, 1.165) is 11.0 Å². The lowest BCUT2D eigenvalue weighted by atomic mass is 9.68. The second kappa shape index (κ2) is 54.1. The topological polar surface area (TPSA) is 51.6 Å². The Morgan fingerprint density at radius 2 is 0.517 bits per heavy atom. The summed E-state index contributed by atoms with van der Waals surface area (Å²) in [4.78, 5) is 5.89. The average molecular weight is 1650 g/mol. The van der Waals surface area contributed by atoms with E-state index in [-0.39, 0.29) is 10.8 Å². The molecule has 10 rings (SSSR count). The Balaban J connectivity index is 1.04. The molecule has 8 heteroatoms. The van der Waals surface area contributed by atoms with Crippen LogP contribution in [0.4, 0.5) is 0 Å². The van der Waals surface area contributed by atoms with Crippen LogP contribution in [-0.2, 0) is 10.8 Å². The predicted octanol–water partition coefficient (Wildman–Crippen LogP) is 38.8. The zero-order valence-electron chi connectivity index (χ0n) is 76.4. The fourth-order valence-electron chi connectivity index (χ4n) is 21.6. The van der Waals surface area contributed by atoms with Gasteiger partial charge in [0.15, 0.2) is 0 Å². The van der Waals surface area contributed by atoms with E-state index in [4.69, 9.17) is 17.5 Å². The van der Waals surface area contributed by atoms with E-state index in [9.17, 15) is 0 Å². The molecule has 0 amide bonds. The highest BCUT2D eigenvalue weighted by Gasteiger charge is 2.50. The highest BCUT2D eigenvalue weighted by molar-refractivity contribution is 7.24. The van der Waals surface area contributed by atoms with E-state index in [0.29, 0.717) is 0 Å². The number of benzene rings is 3. The molecule has 4 aromatic heterocycles. The maximum atomic E-state index is 5.70. The maximum Gasteiger partial charge on any atom is 0.114 e. The van der Waals surface area contributed by atoms with Gasteiger partial charge in [-0.3, -0.25) is 0 Å². The Labute approximate surface area is 729 Å². The third kappa shape index (κ3) is 27.2. The van der Waals surface area contributed by atoms with Gasteiger partial charge in [0.25, 0.3) is 0 Å². The second-order valence-electron chi connectivity index (χ2n) is 37.9. The van der Waals surface area contributed by atoms with E-state index in [1.807, 2.05) is 0 Å². The molecule has 3 aliphatic carbocycles. The summed E-state index contributed by atoms with van der Waals surface area (Å²) in [6.07, 6.45) is 95.4. The third-order valence-electron chi connectivity index (χ3n) is 28.5. The summed E-state index contributed by atoms with van der Waals surface area (Å²) in [6.45, 7) is 18.8. The monoisotopic (exact) mass is 1650 g/mol. The number of unbranched alkanes of at least 4 members (excludes halogenated alkanes) is 58. The molecule has 3 aromatic carbocycles. The van der Waals surface area contributed by atoms with Gasteiger partial charge < -0.3 is 0 Å². The lowest BCUT2D eigenvalue weighted by molar-refractivity contribution is 0.393.